The lowest BCUT2D eigenvalue weighted by Gasteiger charge is -2.45. The van der Waals surface area contributed by atoms with E-state index in [2.05, 4.69) is 39.5 Å². The van der Waals surface area contributed by atoms with Crippen LogP contribution in [0.25, 0.3) is 0 Å². The summed E-state index contributed by atoms with van der Waals surface area (Å²) in [6.07, 6.45) is 9.45. The van der Waals surface area contributed by atoms with Gasteiger partial charge in [0.2, 0.25) is 5.91 Å². The zero-order valence-electron chi connectivity index (χ0n) is 16.6. The number of guanidine groups is 1. The molecule has 6 nitrogen and oxygen atoms in total. The van der Waals surface area contributed by atoms with Crippen molar-refractivity contribution in [2.24, 2.45) is 10.4 Å². The molecule has 1 spiro atoms. The van der Waals surface area contributed by atoms with Crippen molar-refractivity contribution in [1.29, 1.82) is 0 Å². The van der Waals surface area contributed by atoms with Crippen molar-refractivity contribution in [1.82, 2.24) is 20.4 Å². The van der Waals surface area contributed by atoms with Gasteiger partial charge in [-0.05, 0) is 39.8 Å². The van der Waals surface area contributed by atoms with Crippen molar-refractivity contribution in [3.63, 3.8) is 0 Å². The summed E-state index contributed by atoms with van der Waals surface area (Å²) in [5.41, 5.74) is 0.351. The van der Waals surface area contributed by atoms with Crippen LogP contribution >= 0.6 is 24.0 Å². The minimum Gasteiger partial charge on any atom is -0.355 e. The third-order valence-electron chi connectivity index (χ3n) is 6.68. The second-order valence-corrected chi connectivity index (χ2v) is 8.56. The van der Waals surface area contributed by atoms with E-state index in [0.29, 0.717) is 6.42 Å². The van der Waals surface area contributed by atoms with E-state index in [0.717, 1.165) is 45.0 Å². The molecule has 3 rings (SSSR count). The maximum Gasteiger partial charge on any atom is 0.220 e. The Kier molecular flexibility index (Phi) is 7.59. The Morgan fingerprint density at radius 1 is 1.23 bits per heavy atom. The summed E-state index contributed by atoms with van der Waals surface area (Å²) in [7, 11) is 6.30. The first-order valence-corrected chi connectivity index (χ1v) is 9.88. The van der Waals surface area contributed by atoms with E-state index in [1.807, 2.05) is 7.05 Å². The van der Waals surface area contributed by atoms with Gasteiger partial charge in [-0.3, -0.25) is 9.79 Å². The standard InChI is InChI=1S/C19H35N5O.HI/c1-20-17(22-14-19(23(2)3)9-5-4-6-10-19)24-11-7-8-18(15-24)12-16(25)21-13-18;/h4-15H2,1-3H3,(H,20,22)(H,21,25);1H. The molecule has 0 bridgehead atoms. The molecule has 3 aliphatic rings. The van der Waals surface area contributed by atoms with Gasteiger partial charge in [-0.2, -0.15) is 0 Å². The number of amides is 1. The number of carbonyl (C=O) groups excluding carboxylic acids is 1. The Labute approximate surface area is 175 Å². The molecular weight excluding hydrogens is 441 g/mol. The molecule has 1 unspecified atom stereocenters. The molecule has 1 aliphatic carbocycles. The van der Waals surface area contributed by atoms with Gasteiger partial charge in [0.05, 0.1) is 0 Å². The van der Waals surface area contributed by atoms with Crippen molar-refractivity contribution in [3.8, 4) is 0 Å². The average molecular weight is 477 g/mol. The van der Waals surface area contributed by atoms with E-state index in [1.165, 1.54) is 32.1 Å². The number of halogens is 1. The molecule has 2 heterocycles. The van der Waals surface area contributed by atoms with Crippen LogP contribution in [0, 0.1) is 5.41 Å². The van der Waals surface area contributed by atoms with Crippen molar-refractivity contribution >= 4 is 35.8 Å². The lowest BCUT2D eigenvalue weighted by Crippen LogP contribution is -2.57. The maximum absolute atomic E-state index is 11.7. The Hall–Kier alpha value is -0.570. The maximum atomic E-state index is 11.7. The van der Waals surface area contributed by atoms with Crippen molar-refractivity contribution in [3.05, 3.63) is 0 Å². The van der Waals surface area contributed by atoms with Crippen molar-refractivity contribution in [2.45, 2.75) is 56.9 Å². The molecule has 1 saturated carbocycles. The predicted molar refractivity (Wildman–Crippen MR) is 117 cm³/mol. The smallest absolute Gasteiger partial charge is 0.220 e. The Morgan fingerprint density at radius 3 is 2.54 bits per heavy atom. The number of likely N-dealkylation sites (tertiary alicyclic amines) is 1. The third-order valence-corrected chi connectivity index (χ3v) is 6.68. The first-order valence-electron chi connectivity index (χ1n) is 9.88. The van der Waals surface area contributed by atoms with Crippen LogP contribution in [0.2, 0.25) is 0 Å². The lowest BCUT2D eigenvalue weighted by molar-refractivity contribution is -0.119. The molecule has 3 fully saturated rings. The van der Waals surface area contributed by atoms with Crippen molar-refractivity contribution < 1.29 is 4.79 Å². The number of piperidine rings is 1. The summed E-state index contributed by atoms with van der Waals surface area (Å²) in [4.78, 5) is 21.1. The van der Waals surface area contributed by atoms with Gasteiger partial charge >= 0.3 is 0 Å². The summed E-state index contributed by atoms with van der Waals surface area (Å²) in [5, 5.41) is 6.71. The molecule has 1 atom stereocenters. The molecular formula is C19H36IN5O. The van der Waals surface area contributed by atoms with Crippen LogP contribution in [0.5, 0.6) is 0 Å². The van der Waals surface area contributed by atoms with Gasteiger partial charge in [-0.15, -0.1) is 24.0 Å². The predicted octanol–water partition coefficient (Wildman–Crippen LogP) is 2.05. The Morgan fingerprint density at radius 2 is 1.96 bits per heavy atom. The minimum absolute atomic E-state index is 0. The topological polar surface area (TPSA) is 60.0 Å². The molecule has 1 amide bonds. The number of aliphatic imine (C=N–C) groups is 1. The van der Waals surface area contributed by atoms with Gasteiger partial charge in [0.15, 0.2) is 5.96 Å². The zero-order valence-corrected chi connectivity index (χ0v) is 19.0. The van der Waals surface area contributed by atoms with Crippen LogP contribution in [-0.4, -0.2) is 74.5 Å². The van der Waals surface area contributed by atoms with Gasteiger partial charge in [0.25, 0.3) is 0 Å². The largest absolute Gasteiger partial charge is 0.355 e. The summed E-state index contributed by atoms with van der Waals surface area (Å²) in [5.74, 6) is 1.21. The molecule has 0 aromatic heterocycles. The SMILES string of the molecule is CN=C(NCC1(N(C)C)CCCCC1)N1CCCC2(CNC(=O)C2)C1.I. The summed E-state index contributed by atoms with van der Waals surface area (Å²) >= 11 is 0. The molecule has 0 aromatic carbocycles. The molecule has 7 heteroatoms. The highest BCUT2D eigenvalue weighted by Crippen LogP contribution is 2.36. The Bertz CT molecular complexity index is 518. The molecule has 2 N–H and O–H groups in total. The van der Waals surface area contributed by atoms with E-state index in [4.69, 9.17) is 0 Å². The molecule has 150 valence electrons. The van der Waals surface area contributed by atoms with E-state index in [1.54, 1.807) is 0 Å². The molecule has 2 aliphatic heterocycles. The summed E-state index contributed by atoms with van der Waals surface area (Å²) < 4.78 is 0. The van der Waals surface area contributed by atoms with Gasteiger partial charge in [0.1, 0.15) is 0 Å². The van der Waals surface area contributed by atoms with E-state index in [-0.39, 0.29) is 40.8 Å². The molecule has 0 radical (unpaired) electrons. The van der Waals surface area contributed by atoms with Crippen LogP contribution < -0.4 is 10.6 Å². The fraction of sp³-hybridized carbons (Fsp3) is 0.895. The quantitative estimate of drug-likeness (QED) is 0.371. The number of nitrogens with zero attached hydrogens (tertiary/aromatic N) is 3. The van der Waals surface area contributed by atoms with Crippen LogP contribution in [0.4, 0.5) is 0 Å². The second-order valence-electron chi connectivity index (χ2n) is 8.56. The monoisotopic (exact) mass is 477 g/mol. The molecule has 26 heavy (non-hydrogen) atoms. The van der Waals surface area contributed by atoms with E-state index in [9.17, 15) is 4.79 Å². The fourth-order valence-electron chi connectivity index (χ4n) is 5.00. The highest BCUT2D eigenvalue weighted by molar-refractivity contribution is 14.0. The first kappa shape index (κ1) is 21.7. The van der Waals surface area contributed by atoms with Crippen molar-refractivity contribution in [2.75, 3.05) is 47.3 Å². The number of rotatable bonds is 3. The molecule has 0 aromatic rings. The van der Waals surface area contributed by atoms with Crippen LogP contribution in [0.3, 0.4) is 0 Å². The highest BCUT2D eigenvalue weighted by Gasteiger charge is 2.42. The number of hydrogen-bond acceptors (Lipinski definition) is 3. The normalized spacial score (nSPS) is 28.8. The summed E-state index contributed by atoms with van der Waals surface area (Å²) in [6, 6.07) is 0. The third kappa shape index (κ3) is 4.64. The van der Waals surface area contributed by atoms with Gasteiger partial charge in [-0.25, -0.2) is 0 Å². The van der Waals surface area contributed by atoms with E-state index < -0.39 is 0 Å². The average Bonchev–Trinajstić information content (AvgIpc) is 2.96. The fourth-order valence-corrected chi connectivity index (χ4v) is 5.00. The lowest BCUT2D eigenvalue weighted by atomic mass is 9.79. The highest BCUT2D eigenvalue weighted by atomic mass is 127. The van der Waals surface area contributed by atoms with Crippen LogP contribution in [-0.2, 0) is 4.79 Å². The number of carbonyl (C=O) groups is 1. The van der Waals surface area contributed by atoms with Crippen LogP contribution in [0.15, 0.2) is 4.99 Å². The first-order chi connectivity index (χ1) is 12.0. The molecule has 2 saturated heterocycles. The van der Waals surface area contributed by atoms with Gasteiger partial charge in [-0.1, -0.05) is 19.3 Å². The minimum atomic E-state index is 0. The van der Waals surface area contributed by atoms with Gasteiger partial charge < -0.3 is 20.4 Å². The number of nitrogens with one attached hydrogen (secondary N) is 2. The number of hydrogen-bond donors (Lipinski definition) is 2. The Balaban J connectivity index is 0.00000243. The second kappa shape index (κ2) is 9.08. The van der Waals surface area contributed by atoms with E-state index >= 15 is 0 Å². The van der Waals surface area contributed by atoms with Gasteiger partial charge in [0, 0.05) is 50.6 Å². The summed E-state index contributed by atoms with van der Waals surface area (Å²) in [6.45, 7) is 3.74. The van der Waals surface area contributed by atoms with Crippen LogP contribution in [0.1, 0.15) is 51.4 Å². The zero-order chi connectivity index (χ0) is 17.9. The number of likely N-dealkylation sites (N-methyl/N-ethyl adjacent to an activating group) is 1.